The third-order valence-corrected chi connectivity index (χ3v) is 5.78. The molecule has 3 aromatic rings. The van der Waals surface area contributed by atoms with Crippen LogP contribution in [0.2, 0.25) is 5.02 Å². The van der Waals surface area contributed by atoms with E-state index in [-0.39, 0.29) is 17.7 Å². The lowest BCUT2D eigenvalue weighted by molar-refractivity contribution is -0.127. The summed E-state index contributed by atoms with van der Waals surface area (Å²) < 4.78 is 39.6. The summed E-state index contributed by atoms with van der Waals surface area (Å²) in [6.45, 7) is 8.64. The van der Waals surface area contributed by atoms with Crippen molar-refractivity contribution >= 4 is 39.9 Å². The zero-order valence-corrected chi connectivity index (χ0v) is 20.5. The summed E-state index contributed by atoms with van der Waals surface area (Å²) in [7, 11) is 1.52. The number of anilines is 2. The maximum absolute atomic E-state index is 14.4. The molecule has 1 N–H and O–H groups in total. The van der Waals surface area contributed by atoms with E-state index in [0.717, 1.165) is 6.07 Å². The van der Waals surface area contributed by atoms with E-state index in [0.29, 0.717) is 54.2 Å². The van der Waals surface area contributed by atoms with E-state index < -0.39 is 16.7 Å². The Labute approximate surface area is 207 Å². The van der Waals surface area contributed by atoms with Crippen molar-refractivity contribution in [2.45, 2.75) is 32.8 Å². The van der Waals surface area contributed by atoms with Gasteiger partial charge in [0.2, 0.25) is 5.91 Å². The fraction of sp³-hybridized carbons (Fsp3) is 0.320. The van der Waals surface area contributed by atoms with Crippen LogP contribution in [0.3, 0.4) is 0 Å². The summed E-state index contributed by atoms with van der Waals surface area (Å²) in [5.74, 6) is -0.636. The minimum Gasteiger partial charge on any atom is -0.493 e. The molecule has 2 heterocycles. The number of carbonyl (C=O) groups is 1. The smallest absolute Gasteiger partial charge is 0.245 e. The highest BCUT2D eigenvalue weighted by molar-refractivity contribution is 6.31. The van der Waals surface area contributed by atoms with Crippen molar-refractivity contribution in [3.05, 3.63) is 59.9 Å². The Morgan fingerprint density at radius 3 is 2.57 bits per heavy atom. The van der Waals surface area contributed by atoms with Gasteiger partial charge in [-0.25, -0.2) is 18.7 Å². The van der Waals surface area contributed by atoms with Gasteiger partial charge in [0.1, 0.15) is 29.1 Å². The second kappa shape index (κ2) is 11.8. The summed E-state index contributed by atoms with van der Waals surface area (Å²) >= 11 is 5.69. The quantitative estimate of drug-likeness (QED) is 0.333. The number of likely N-dealkylation sites (tertiary alicyclic amines) is 1. The zero-order chi connectivity index (χ0) is 25.5. The highest BCUT2D eigenvalue weighted by Gasteiger charge is 2.24. The number of amides is 1. The first kappa shape index (κ1) is 26.2. The van der Waals surface area contributed by atoms with Crippen LogP contribution in [0.5, 0.6) is 11.5 Å². The molecular formula is C25H27ClF2N4O3. The number of carbonyl (C=O) groups excluding carboxylic acids is 1. The van der Waals surface area contributed by atoms with Crippen LogP contribution in [0.25, 0.3) is 10.9 Å². The lowest BCUT2D eigenvalue weighted by Gasteiger charge is -2.31. The summed E-state index contributed by atoms with van der Waals surface area (Å²) in [4.78, 5) is 22.0. The van der Waals surface area contributed by atoms with Crippen molar-refractivity contribution in [1.82, 2.24) is 14.9 Å². The molecule has 10 heteroatoms. The molecule has 7 nitrogen and oxygen atoms in total. The number of hydrogen-bond acceptors (Lipinski definition) is 6. The second-order valence-corrected chi connectivity index (χ2v) is 7.81. The summed E-state index contributed by atoms with van der Waals surface area (Å²) in [6.07, 6.45) is 3.80. The molecule has 1 saturated heterocycles. The third kappa shape index (κ3) is 5.79. The predicted molar refractivity (Wildman–Crippen MR) is 133 cm³/mol. The first-order chi connectivity index (χ1) is 16.9. The molecule has 0 radical (unpaired) electrons. The van der Waals surface area contributed by atoms with Crippen LogP contribution < -0.4 is 14.8 Å². The maximum atomic E-state index is 14.4. The number of hydrogen-bond donors (Lipinski definition) is 1. The standard InChI is InChI=1S/C23H21ClF2N4O3.C2H6/c1-3-20(31)30-8-6-13(7-9-30)33-19-10-14-17(11-18(19)32-2)27-12-28-23(14)29-16-5-4-15(25)21(24)22(16)26;1-2/h3-5,10-13H,1,6-9H2,2H3,(H,27,28,29);1-2H3. The molecule has 4 rings (SSSR count). The SMILES string of the molecule is C=CC(=O)N1CCC(Oc2cc3c(Nc4ccc(F)c(Cl)c4F)ncnc3cc2OC)CC1.CC. The van der Waals surface area contributed by atoms with Gasteiger partial charge in [-0.05, 0) is 24.3 Å². The summed E-state index contributed by atoms with van der Waals surface area (Å²) in [5.41, 5.74) is 0.510. The van der Waals surface area contributed by atoms with E-state index >= 15 is 0 Å². The molecule has 1 aliphatic rings. The molecule has 1 aromatic heterocycles. The van der Waals surface area contributed by atoms with Crippen molar-refractivity contribution in [2.75, 3.05) is 25.5 Å². The minimum absolute atomic E-state index is 0.0288. The summed E-state index contributed by atoms with van der Waals surface area (Å²) in [5, 5.41) is 2.79. The number of ether oxygens (including phenoxy) is 2. The average Bonchev–Trinajstić information content (AvgIpc) is 2.90. The first-order valence-electron chi connectivity index (χ1n) is 11.2. The Morgan fingerprint density at radius 2 is 1.91 bits per heavy atom. The zero-order valence-electron chi connectivity index (χ0n) is 19.8. The predicted octanol–water partition coefficient (Wildman–Crippen LogP) is 5.90. The van der Waals surface area contributed by atoms with E-state index in [4.69, 9.17) is 21.1 Å². The number of rotatable bonds is 6. The van der Waals surface area contributed by atoms with Crippen molar-refractivity contribution in [1.29, 1.82) is 0 Å². The highest BCUT2D eigenvalue weighted by Crippen LogP contribution is 2.37. The van der Waals surface area contributed by atoms with Crippen molar-refractivity contribution in [2.24, 2.45) is 0 Å². The maximum Gasteiger partial charge on any atom is 0.245 e. The number of piperidine rings is 1. The van der Waals surface area contributed by atoms with Crippen LogP contribution in [-0.4, -0.2) is 47.1 Å². The lowest BCUT2D eigenvalue weighted by Crippen LogP contribution is -2.41. The minimum atomic E-state index is -0.922. The topological polar surface area (TPSA) is 76.6 Å². The van der Waals surface area contributed by atoms with Crippen LogP contribution in [-0.2, 0) is 4.79 Å². The number of nitrogens with zero attached hydrogens (tertiary/aromatic N) is 3. The number of benzene rings is 2. The van der Waals surface area contributed by atoms with Gasteiger partial charge in [-0.2, -0.15) is 0 Å². The van der Waals surface area contributed by atoms with Gasteiger partial charge in [-0.1, -0.05) is 32.0 Å². The van der Waals surface area contributed by atoms with Gasteiger partial charge in [0.25, 0.3) is 0 Å². The van der Waals surface area contributed by atoms with Gasteiger partial charge in [0, 0.05) is 37.4 Å². The Balaban J connectivity index is 0.00000167. The number of fused-ring (bicyclic) bond motifs is 1. The largest absolute Gasteiger partial charge is 0.493 e. The molecule has 0 aliphatic carbocycles. The number of nitrogens with one attached hydrogen (secondary N) is 1. The monoisotopic (exact) mass is 504 g/mol. The molecule has 0 saturated carbocycles. The van der Waals surface area contributed by atoms with Crippen LogP contribution in [0.4, 0.5) is 20.3 Å². The fourth-order valence-electron chi connectivity index (χ4n) is 3.67. The average molecular weight is 505 g/mol. The first-order valence-corrected chi connectivity index (χ1v) is 11.6. The van der Waals surface area contributed by atoms with Gasteiger partial charge in [0.05, 0.1) is 18.3 Å². The molecule has 186 valence electrons. The van der Waals surface area contributed by atoms with Crippen LogP contribution in [0.1, 0.15) is 26.7 Å². The second-order valence-electron chi connectivity index (χ2n) is 7.44. The van der Waals surface area contributed by atoms with Crippen molar-refractivity contribution < 1.29 is 23.0 Å². The van der Waals surface area contributed by atoms with Gasteiger partial charge in [0.15, 0.2) is 17.3 Å². The fourth-order valence-corrected chi connectivity index (χ4v) is 3.83. The van der Waals surface area contributed by atoms with E-state index in [2.05, 4.69) is 21.9 Å². The molecule has 1 amide bonds. The Bertz CT molecular complexity index is 1220. The molecule has 0 spiro atoms. The molecule has 1 fully saturated rings. The van der Waals surface area contributed by atoms with E-state index in [1.807, 2.05) is 13.8 Å². The van der Waals surface area contributed by atoms with Crippen LogP contribution in [0.15, 0.2) is 43.2 Å². The van der Waals surface area contributed by atoms with Crippen molar-refractivity contribution in [3.63, 3.8) is 0 Å². The molecular weight excluding hydrogens is 478 g/mol. The normalized spacial score (nSPS) is 13.6. The molecule has 0 atom stereocenters. The molecule has 0 bridgehead atoms. The van der Waals surface area contributed by atoms with E-state index in [9.17, 15) is 13.6 Å². The molecule has 1 aliphatic heterocycles. The third-order valence-electron chi connectivity index (χ3n) is 5.43. The van der Waals surface area contributed by atoms with Crippen molar-refractivity contribution in [3.8, 4) is 11.5 Å². The highest BCUT2D eigenvalue weighted by atomic mass is 35.5. The number of methoxy groups -OCH3 is 1. The Kier molecular flexibility index (Phi) is 8.81. The van der Waals surface area contributed by atoms with Crippen LogP contribution in [0, 0.1) is 11.6 Å². The summed E-state index contributed by atoms with van der Waals surface area (Å²) in [6, 6.07) is 5.71. The number of halogens is 3. The molecule has 0 unspecified atom stereocenters. The Hall–Kier alpha value is -3.46. The van der Waals surface area contributed by atoms with Gasteiger partial charge >= 0.3 is 0 Å². The number of aromatic nitrogens is 2. The van der Waals surface area contributed by atoms with Gasteiger partial charge in [-0.3, -0.25) is 4.79 Å². The van der Waals surface area contributed by atoms with E-state index in [1.165, 1.54) is 25.6 Å². The molecule has 2 aromatic carbocycles. The lowest BCUT2D eigenvalue weighted by atomic mass is 10.1. The van der Waals surface area contributed by atoms with Gasteiger partial charge in [-0.15, -0.1) is 0 Å². The van der Waals surface area contributed by atoms with E-state index in [1.54, 1.807) is 17.0 Å². The van der Waals surface area contributed by atoms with Crippen LogP contribution >= 0.6 is 11.6 Å². The Morgan fingerprint density at radius 1 is 1.20 bits per heavy atom. The molecule has 35 heavy (non-hydrogen) atoms. The van der Waals surface area contributed by atoms with Gasteiger partial charge < -0.3 is 19.7 Å².